The highest BCUT2D eigenvalue weighted by Crippen LogP contribution is 2.22. The molecule has 0 radical (unpaired) electrons. The SMILES string of the molecule is C/C=C/CCCC(O)C[N+](CCO)(CC(O)CCC/C=C/C)C(CC)C(=O)[O-]. The van der Waals surface area contributed by atoms with Gasteiger partial charge in [0.15, 0.2) is 0 Å². The molecule has 0 heterocycles. The molecule has 0 rings (SSSR count). The minimum atomic E-state index is -1.20. The fourth-order valence-corrected chi connectivity index (χ4v) is 3.94. The molecule has 0 aromatic rings. The van der Waals surface area contributed by atoms with Gasteiger partial charge in [-0.25, -0.2) is 0 Å². The summed E-state index contributed by atoms with van der Waals surface area (Å²) in [6, 6.07) is -0.873. The first-order valence-corrected chi connectivity index (χ1v) is 10.6. The van der Waals surface area contributed by atoms with E-state index in [4.69, 9.17) is 0 Å². The Morgan fingerprint density at radius 3 is 1.79 bits per heavy atom. The first-order chi connectivity index (χ1) is 13.4. The van der Waals surface area contributed by atoms with Crippen LogP contribution in [0.15, 0.2) is 24.3 Å². The van der Waals surface area contributed by atoms with E-state index in [1.54, 1.807) is 6.92 Å². The normalized spacial score (nSPS) is 17.6. The van der Waals surface area contributed by atoms with E-state index < -0.39 is 24.2 Å². The summed E-state index contributed by atoms with van der Waals surface area (Å²) in [7, 11) is 0. The van der Waals surface area contributed by atoms with Gasteiger partial charge in [0, 0.05) is 6.42 Å². The summed E-state index contributed by atoms with van der Waals surface area (Å²) < 4.78 is -0.0507. The van der Waals surface area contributed by atoms with Gasteiger partial charge in [-0.15, -0.1) is 0 Å². The Morgan fingerprint density at radius 2 is 1.46 bits per heavy atom. The highest BCUT2D eigenvalue weighted by Gasteiger charge is 2.40. The maximum atomic E-state index is 11.8. The zero-order chi connectivity index (χ0) is 21.4. The third kappa shape index (κ3) is 10.4. The van der Waals surface area contributed by atoms with Crippen LogP contribution in [0.25, 0.3) is 0 Å². The van der Waals surface area contributed by atoms with Crippen LogP contribution in [-0.4, -0.2) is 70.3 Å². The lowest BCUT2D eigenvalue weighted by atomic mass is 10.0. The number of nitrogens with zero attached hydrogens (tertiary/aromatic N) is 1. The van der Waals surface area contributed by atoms with Crippen LogP contribution < -0.4 is 5.11 Å². The second kappa shape index (κ2) is 15.7. The molecule has 0 saturated carbocycles. The van der Waals surface area contributed by atoms with Crippen molar-refractivity contribution >= 4 is 5.97 Å². The van der Waals surface area contributed by atoms with E-state index in [2.05, 4.69) is 0 Å². The number of aliphatic hydroxyl groups excluding tert-OH is 3. The first-order valence-electron chi connectivity index (χ1n) is 10.6. The Hall–Kier alpha value is -1.21. The van der Waals surface area contributed by atoms with Crippen LogP contribution >= 0.6 is 0 Å². The third-order valence-electron chi connectivity index (χ3n) is 5.30. The lowest BCUT2D eigenvalue weighted by molar-refractivity contribution is -0.950. The average Bonchev–Trinajstić information content (AvgIpc) is 2.62. The van der Waals surface area contributed by atoms with Crippen LogP contribution in [0, 0.1) is 0 Å². The second-order valence-electron chi connectivity index (χ2n) is 7.58. The molecule has 0 aromatic carbocycles. The minimum absolute atomic E-state index is 0.0507. The predicted molar refractivity (Wildman–Crippen MR) is 110 cm³/mol. The monoisotopic (exact) mass is 399 g/mol. The zero-order valence-corrected chi connectivity index (χ0v) is 17.9. The topological polar surface area (TPSA) is 101 Å². The third-order valence-corrected chi connectivity index (χ3v) is 5.30. The molecular weight excluding hydrogens is 358 g/mol. The molecular formula is C22H41NO5. The number of rotatable bonds is 17. The van der Waals surface area contributed by atoms with Gasteiger partial charge < -0.3 is 29.7 Å². The molecule has 0 aliphatic carbocycles. The summed E-state index contributed by atoms with van der Waals surface area (Å²) in [5, 5.41) is 42.6. The standard InChI is InChI=1S/C22H41NO5/c1-4-7-9-11-13-19(25)17-23(15-16-24,21(6-3)22(27)28)18-20(26)14-12-10-8-5-2/h4-5,7-8,19-21,24-26H,6,9-18H2,1-3H3/b7-4+,8-5+. The van der Waals surface area contributed by atoms with E-state index in [1.165, 1.54) is 0 Å². The quantitative estimate of drug-likeness (QED) is 0.196. The van der Waals surface area contributed by atoms with Crippen LogP contribution in [0.4, 0.5) is 0 Å². The smallest absolute Gasteiger partial charge is 0.129 e. The molecule has 28 heavy (non-hydrogen) atoms. The van der Waals surface area contributed by atoms with E-state index in [-0.39, 0.29) is 30.7 Å². The van der Waals surface area contributed by atoms with Gasteiger partial charge in [0.2, 0.25) is 0 Å². The van der Waals surface area contributed by atoms with Gasteiger partial charge >= 0.3 is 0 Å². The number of aliphatic carboxylic acids is 1. The van der Waals surface area contributed by atoms with Crippen molar-refractivity contribution in [3.05, 3.63) is 24.3 Å². The predicted octanol–water partition coefficient (Wildman–Crippen LogP) is 1.54. The molecule has 6 heteroatoms. The van der Waals surface area contributed by atoms with Crippen molar-refractivity contribution in [2.45, 2.75) is 84.0 Å². The molecule has 3 N–H and O–H groups in total. The Kier molecular flexibility index (Phi) is 15.0. The number of hydrogen-bond donors (Lipinski definition) is 3. The Bertz CT molecular complexity index is 438. The highest BCUT2D eigenvalue weighted by atomic mass is 16.4. The summed E-state index contributed by atoms with van der Waals surface area (Å²) in [5.41, 5.74) is 0. The number of quaternary nitrogens is 1. The molecule has 164 valence electrons. The van der Waals surface area contributed by atoms with Crippen LogP contribution in [0.1, 0.15) is 65.7 Å². The van der Waals surface area contributed by atoms with Crippen LogP contribution in [0.3, 0.4) is 0 Å². The molecule has 0 aromatic heterocycles. The lowest BCUT2D eigenvalue weighted by Crippen LogP contribution is -2.66. The van der Waals surface area contributed by atoms with E-state index >= 15 is 0 Å². The maximum Gasteiger partial charge on any atom is 0.129 e. The van der Waals surface area contributed by atoms with Crippen LogP contribution in [-0.2, 0) is 4.79 Å². The molecule has 3 atom stereocenters. The largest absolute Gasteiger partial charge is 0.544 e. The van der Waals surface area contributed by atoms with E-state index in [9.17, 15) is 25.2 Å². The Morgan fingerprint density at radius 1 is 1.00 bits per heavy atom. The van der Waals surface area contributed by atoms with E-state index in [0.29, 0.717) is 19.3 Å². The van der Waals surface area contributed by atoms with Gasteiger partial charge in [-0.2, -0.15) is 0 Å². The average molecular weight is 400 g/mol. The molecule has 3 unspecified atom stereocenters. The summed E-state index contributed by atoms with van der Waals surface area (Å²) in [6.07, 6.45) is 11.4. The Labute approximate surface area is 170 Å². The number of carbonyl (C=O) groups is 1. The molecule has 0 spiro atoms. The number of unbranched alkanes of at least 4 members (excludes halogenated alkanes) is 2. The van der Waals surface area contributed by atoms with Gasteiger partial charge in [0.25, 0.3) is 0 Å². The number of hydrogen-bond acceptors (Lipinski definition) is 5. The molecule has 6 nitrogen and oxygen atoms in total. The van der Waals surface area contributed by atoms with Crippen molar-refractivity contribution in [3.63, 3.8) is 0 Å². The van der Waals surface area contributed by atoms with Crippen molar-refractivity contribution in [1.82, 2.24) is 0 Å². The van der Waals surface area contributed by atoms with Crippen LogP contribution in [0.5, 0.6) is 0 Å². The van der Waals surface area contributed by atoms with Crippen molar-refractivity contribution in [2.75, 3.05) is 26.2 Å². The summed E-state index contributed by atoms with van der Waals surface area (Å²) >= 11 is 0. The highest BCUT2D eigenvalue weighted by molar-refractivity contribution is 5.69. The fraction of sp³-hybridized carbons (Fsp3) is 0.773. The first kappa shape index (κ1) is 26.8. The zero-order valence-electron chi connectivity index (χ0n) is 17.9. The number of carboxylic acid groups (broad SMARTS) is 1. The molecule has 0 amide bonds. The number of aliphatic hydroxyl groups is 3. The Balaban J connectivity index is 5.30. The summed E-state index contributed by atoms with van der Waals surface area (Å²) in [4.78, 5) is 11.8. The van der Waals surface area contributed by atoms with E-state index in [1.807, 2.05) is 38.2 Å². The van der Waals surface area contributed by atoms with E-state index in [0.717, 1.165) is 25.7 Å². The molecule has 0 aliphatic rings. The van der Waals surface area contributed by atoms with Crippen LogP contribution in [0.2, 0.25) is 0 Å². The van der Waals surface area contributed by atoms with Gasteiger partial charge in [-0.3, -0.25) is 0 Å². The lowest BCUT2D eigenvalue weighted by Gasteiger charge is -2.47. The van der Waals surface area contributed by atoms with Gasteiger partial charge in [0.05, 0.1) is 12.6 Å². The number of carbonyl (C=O) groups excluding carboxylic acids is 1. The fourth-order valence-electron chi connectivity index (χ4n) is 3.94. The van der Waals surface area contributed by atoms with Gasteiger partial charge in [0.1, 0.15) is 37.9 Å². The summed E-state index contributed by atoms with van der Waals surface area (Å²) in [5.74, 6) is -1.20. The molecule has 0 aliphatic heterocycles. The second-order valence-corrected chi connectivity index (χ2v) is 7.58. The van der Waals surface area contributed by atoms with Crippen molar-refractivity contribution in [3.8, 4) is 0 Å². The maximum absolute atomic E-state index is 11.8. The molecule has 0 fully saturated rings. The molecule has 0 bridgehead atoms. The van der Waals surface area contributed by atoms with Crippen molar-refractivity contribution in [1.29, 1.82) is 0 Å². The number of allylic oxidation sites excluding steroid dienone is 4. The van der Waals surface area contributed by atoms with Crippen molar-refractivity contribution in [2.24, 2.45) is 0 Å². The molecule has 0 saturated heterocycles. The van der Waals surface area contributed by atoms with Gasteiger partial charge in [-0.1, -0.05) is 31.2 Å². The minimum Gasteiger partial charge on any atom is -0.544 e. The van der Waals surface area contributed by atoms with Crippen molar-refractivity contribution < 1.29 is 29.7 Å². The summed E-state index contributed by atoms with van der Waals surface area (Å²) in [6.45, 7) is 6.00. The van der Waals surface area contributed by atoms with Gasteiger partial charge in [-0.05, 0) is 52.4 Å². The number of carboxylic acids is 1.